The molecule has 0 saturated carbocycles. The number of aromatic nitrogens is 5. The van der Waals surface area contributed by atoms with Gasteiger partial charge in [-0.2, -0.15) is 5.10 Å². The molecule has 2 aromatic carbocycles. The van der Waals surface area contributed by atoms with Crippen LogP contribution in [0.25, 0.3) is 44.9 Å². The average Bonchev–Trinajstić information content (AvgIpc) is 3.38. The molecule has 0 radical (unpaired) electrons. The fraction of sp³-hybridized carbons (Fsp3) is 0.0333. The third kappa shape index (κ3) is 4.83. The van der Waals surface area contributed by atoms with Crippen molar-refractivity contribution in [2.75, 3.05) is 0 Å². The van der Waals surface area contributed by atoms with E-state index in [1.807, 2.05) is 73.7 Å². The smallest absolute Gasteiger partial charge is 0.335 e. The maximum Gasteiger partial charge on any atom is 0.335 e. The number of fused-ring (bicyclic) bond motifs is 1. The Labute approximate surface area is 213 Å². The zero-order chi connectivity index (χ0) is 25.8. The molecule has 0 spiro atoms. The van der Waals surface area contributed by atoms with Gasteiger partial charge in [0.05, 0.1) is 28.0 Å². The fourth-order valence-corrected chi connectivity index (χ4v) is 4.08. The molecule has 180 valence electrons. The van der Waals surface area contributed by atoms with Gasteiger partial charge in [0.2, 0.25) is 0 Å². The molecule has 7 heteroatoms. The van der Waals surface area contributed by atoms with Crippen molar-refractivity contribution in [1.29, 1.82) is 0 Å². The van der Waals surface area contributed by atoms with Gasteiger partial charge in [0, 0.05) is 29.7 Å². The summed E-state index contributed by atoms with van der Waals surface area (Å²) in [6.45, 7) is 5.78. The largest absolute Gasteiger partial charge is 0.478 e. The van der Waals surface area contributed by atoms with Crippen LogP contribution in [0.15, 0.2) is 110 Å². The van der Waals surface area contributed by atoms with Crippen molar-refractivity contribution in [3.63, 3.8) is 0 Å². The summed E-state index contributed by atoms with van der Waals surface area (Å²) in [5.74, 6) is -0.625. The van der Waals surface area contributed by atoms with Crippen LogP contribution < -0.4 is 0 Å². The molecule has 0 aliphatic heterocycles. The molecule has 1 N–H and O–H groups in total. The first-order chi connectivity index (χ1) is 18.1. The molecule has 0 aliphatic carbocycles. The summed E-state index contributed by atoms with van der Waals surface area (Å²) in [6, 6.07) is 18.8. The van der Waals surface area contributed by atoms with Gasteiger partial charge in [-0.1, -0.05) is 61.2 Å². The molecule has 5 aromatic rings. The first-order valence-corrected chi connectivity index (χ1v) is 11.6. The second-order valence-electron chi connectivity index (χ2n) is 8.23. The van der Waals surface area contributed by atoms with Gasteiger partial charge in [0.1, 0.15) is 0 Å². The van der Waals surface area contributed by atoms with E-state index in [0.717, 1.165) is 44.7 Å². The third-order valence-electron chi connectivity index (χ3n) is 5.84. The van der Waals surface area contributed by atoms with Crippen LogP contribution in [0.1, 0.15) is 22.8 Å². The van der Waals surface area contributed by atoms with E-state index in [1.54, 1.807) is 23.2 Å². The molecule has 0 aliphatic rings. The standard InChI is InChI=1S/C30H23N5O2/c1-3-5-20(6-4-2)21-7-9-22(10-8-21)26-19-28(23-11-12-25-27(17-23)32-16-15-31-25)35(34-26)29-18-24(30(36)37)13-14-33-29/h3-19H,1H2,2H3,(H,36,37)/b6-4-,20-5+. The van der Waals surface area contributed by atoms with Crippen molar-refractivity contribution in [3.8, 4) is 28.3 Å². The fourth-order valence-electron chi connectivity index (χ4n) is 4.08. The molecule has 0 atom stereocenters. The molecule has 5 rings (SSSR count). The van der Waals surface area contributed by atoms with Gasteiger partial charge in [-0.3, -0.25) is 9.97 Å². The monoisotopic (exact) mass is 485 g/mol. The second-order valence-corrected chi connectivity index (χ2v) is 8.23. The van der Waals surface area contributed by atoms with Crippen LogP contribution in [0.4, 0.5) is 0 Å². The normalized spacial score (nSPS) is 11.8. The topological polar surface area (TPSA) is 93.8 Å². The molecule has 3 heterocycles. The summed E-state index contributed by atoms with van der Waals surface area (Å²) >= 11 is 0. The van der Waals surface area contributed by atoms with E-state index in [0.29, 0.717) is 5.82 Å². The lowest BCUT2D eigenvalue weighted by molar-refractivity contribution is 0.0696. The van der Waals surface area contributed by atoms with Crippen LogP contribution >= 0.6 is 0 Å². The van der Waals surface area contributed by atoms with Gasteiger partial charge < -0.3 is 5.11 Å². The number of aromatic carboxylic acids is 1. The van der Waals surface area contributed by atoms with Gasteiger partial charge in [0.15, 0.2) is 5.82 Å². The first-order valence-electron chi connectivity index (χ1n) is 11.6. The van der Waals surface area contributed by atoms with E-state index >= 15 is 0 Å². The van der Waals surface area contributed by atoms with Crippen molar-refractivity contribution in [2.45, 2.75) is 6.92 Å². The zero-order valence-electron chi connectivity index (χ0n) is 20.1. The zero-order valence-corrected chi connectivity index (χ0v) is 20.1. The minimum Gasteiger partial charge on any atom is -0.478 e. The Bertz CT molecular complexity index is 1680. The third-order valence-corrected chi connectivity index (χ3v) is 5.84. The van der Waals surface area contributed by atoms with Gasteiger partial charge in [-0.05, 0) is 48.4 Å². The number of benzene rings is 2. The van der Waals surface area contributed by atoms with E-state index < -0.39 is 5.97 Å². The lowest BCUT2D eigenvalue weighted by Gasteiger charge is -2.08. The van der Waals surface area contributed by atoms with Gasteiger partial charge in [-0.25, -0.2) is 14.5 Å². The molecule has 0 unspecified atom stereocenters. The van der Waals surface area contributed by atoms with Gasteiger partial charge in [-0.15, -0.1) is 0 Å². The highest BCUT2D eigenvalue weighted by Crippen LogP contribution is 2.30. The molecule has 0 amide bonds. The number of hydrogen-bond donors (Lipinski definition) is 1. The van der Waals surface area contributed by atoms with Crippen LogP contribution in [0.2, 0.25) is 0 Å². The quantitative estimate of drug-likeness (QED) is 0.269. The van der Waals surface area contributed by atoms with Crippen molar-refractivity contribution >= 4 is 22.6 Å². The number of allylic oxidation sites excluding steroid dienone is 5. The van der Waals surface area contributed by atoms with E-state index in [-0.39, 0.29) is 5.56 Å². The van der Waals surface area contributed by atoms with Crippen LogP contribution in [0.5, 0.6) is 0 Å². The Balaban J connectivity index is 1.64. The van der Waals surface area contributed by atoms with E-state index in [2.05, 4.69) is 21.5 Å². The number of nitrogens with zero attached hydrogens (tertiary/aromatic N) is 5. The lowest BCUT2D eigenvalue weighted by Crippen LogP contribution is -2.05. The van der Waals surface area contributed by atoms with Crippen LogP contribution in [-0.4, -0.2) is 35.8 Å². The van der Waals surface area contributed by atoms with Crippen LogP contribution in [0, 0.1) is 0 Å². The average molecular weight is 486 g/mol. The Morgan fingerprint density at radius 2 is 1.62 bits per heavy atom. The lowest BCUT2D eigenvalue weighted by atomic mass is 10.0. The predicted molar refractivity (Wildman–Crippen MR) is 145 cm³/mol. The highest BCUT2D eigenvalue weighted by atomic mass is 16.4. The Morgan fingerprint density at radius 3 is 2.35 bits per heavy atom. The van der Waals surface area contributed by atoms with Crippen LogP contribution in [-0.2, 0) is 0 Å². The van der Waals surface area contributed by atoms with Gasteiger partial charge >= 0.3 is 5.97 Å². The Morgan fingerprint density at radius 1 is 0.865 bits per heavy atom. The maximum atomic E-state index is 11.6. The number of hydrogen-bond acceptors (Lipinski definition) is 5. The molecular formula is C30H23N5O2. The second kappa shape index (κ2) is 10.2. The number of rotatable bonds is 7. The summed E-state index contributed by atoms with van der Waals surface area (Å²) in [4.78, 5) is 24.8. The molecule has 37 heavy (non-hydrogen) atoms. The Kier molecular flexibility index (Phi) is 6.50. The summed E-state index contributed by atoms with van der Waals surface area (Å²) in [7, 11) is 0. The molecule has 7 nitrogen and oxygen atoms in total. The summed E-state index contributed by atoms with van der Waals surface area (Å²) in [5.41, 5.74) is 7.03. The van der Waals surface area contributed by atoms with Gasteiger partial charge in [0.25, 0.3) is 0 Å². The number of pyridine rings is 1. The highest BCUT2D eigenvalue weighted by molar-refractivity contribution is 5.88. The number of carboxylic acids is 1. The molecule has 3 aromatic heterocycles. The van der Waals surface area contributed by atoms with Crippen molar-refractivity contribution in [1.82, 2.24) is 24.7 Å². The summed E-state index contributed by atoms with van der Waals surface area (Å²) < 4.78 is 1.66. The van der Waals surface area contributed by atoms with E-state index in [1.165, 1.54) is 18.3 Å². The molecule has 0 bridgehead atoms. The maximum absolute atomic E-state index is 11.6. The van der Waals surface area contributed by atoms with Crippen LogP contribution in [0.3, 0.4) is 0 Å². The summed E-state index contributed by atoms with van der Waals surface area (Å²) in [6.07, 6.45) is 12.5. The molecular weight excluding hydrogens is 462 g/mol. The van der Waals surface area contributed by atoms with E-state index in [4.69, 9.17) is 5.10 Å². The predicted octanol–water partition coefficient (Wildman–Crippen LogP) is 6.39. The van der Waals surface area contributed by atoms with Crippen molar-refractivity contribution in [2.24, 2.45) is 0 Å². The van der Waals surface area contributed by atoms with Crippen molar-refractivity contribution < 1.29 is 9.90 Å². The minimum absolute atomic E-state index is 0.132. The molecule has 0 fully saturated rings. The van der Waals surface area contributed by atoms with E-state index in [9.17, 15) is 9.90 Å². The first kappa shape index (κ1) is 23.6. The Hall–Kier alpha value is -5.17. The minimum atomic E-state index is -1.03. The number of carboxylic acid groups (broad SMARTS) is 1. The van der Waals surface area contributed by atoms with Crippen molar-refractivity contribution in [3.05, 3.63) is 121 Å². The highest BCUT2D eigenvalue weighted by Gasteiger charge is 2.16. The number of carbonyl (C=O) groups is 1. The summed E-state index contributed by atoms with van der Waals surface area (Å²) in [5, 5.41) is 14.3. The SMILES string of the molecule is C=C/C=C(\C=C/C)c1ccc(-c2cc(-c3ccc4nccnc4c3)n(-c3cc(C(=O)O)ccn3)n2)cc1. The molecule has 0 saturated heterocycles.